The summed E-state index contributed by atoms with van der Waals surface area (Å²) in [4.78, 5) is 17.5. The Morgan fingerprint density at radius 2 is 2.06 bits per heavy atom. The van der Waals surface area contributed by atoms with Crippen molar-refractivity contribution in [3.05, 3.63) is 11.1 Å². The lowest BCUT2D eigenvalue weighted by Crippen LogP contribution is -2.30. The van der Waals surface area contributed by atoms with E-state index in [2.05, 4.69) is 9.88 Å². The second-order valence-corrected chi connectivity index (χ2v) is 5.58. The molecule has 1 aliphatic carbocycles. The number of nitrogens with zero attached hydrogens (tertiary/aromatic N) is 2. The van der Waals surface area contributed by atoms with Gasteiger partial charge in [0.05, 0.1) is 6.20 Å². The predicted molar refractivity (Wildman–Crippen MR) is 69.0 cm³/mol. The quantitative estimate of drug-likeness (QED) is 0.842. The molecule has 0 atom stereocenters. The molecule has 0 spiro atoms. The van der Waals surface area contributed by atoms with Crippen LogP contribution in [0, 0.1) is 0 Å². The number of rotatable bonds is 3. The highest BCUT2D eigenvalue weighted by molar-refractivity contribution is 7.17. The van der Waals surface area contributed by atoms with Crippen LogP contribution in [-0.2, 0) is 0 Å². The van der Waals surface area contributed by atoms with Gasteiger partial charge in [0.2, 0.25) is 0 Å². The largest absolute Gasteiger partial charge is 0.477 e. The molecule has 1 aliphatic rings. The molecule has 2 rings (SSSR count). The Bertz CT molecular complexity index is 384. The topological polar surface area (TPSA) is 53.4 Å². The molecule has 0 amide bonds. The maximum absolute atomic E-state index is 10.8. The first-order chi connectivity index (χ1) is 8.18. The van der Waals surface area contributed by atoms with Gasteiger partial charge in [-0.25, -0.2) is 9.78 Å². The number of carboxylic acid groups (broad SMARTS) is 1. The van der Waals surface area contributed by atoms with Crippen LogP contribution in [0.15, 0.2) is 6.20 Å². The zero-order valence-electron chi connectivity index (χ0n) is 10.1. The van der Waals surface area contributed by atoms with Crippen LogP contribution in [0.4, 0.5) is 5.13 Å². The summed E-state index contributed by atoms with van der Waals surface area (Å²) >= 11 is 1.26. The summed E-state index contributed by atoms with van der Waals surface area (Å²) in [6.07, 6.45) is 9.02. The number of thiazole rings is 1. The summed E-state index contributed by atoms with van der Waals surface area (Å²) in [5.74, 6) is -0.886. The fraction of sp³-hybridized carbons (Fsp3) is 0.667. The van der Waals surface area contributed by atoms with Crippen LogP contribution in [0.25, 0.3) is 0 Å². The molecular formula is C12H18N2O2S. The Kier molecular flexibility index (Phi) is 3.99. The van der Waals surface area contributed by atoms with Crippen LogP contribution < -0.4 is 4.90 Å². The standard InChI is InChI=1S/C12H18N2O2S/c1-14(9-6-4-2-3-5-7-9)12-13-8-10(17-12)11(15)16/h8-9H,2-7H2,1H3,(H,15,16). The fourth-order valence-corrected chi connectivity index (χ4v) is 3.12. The van der Waals surface area contributed by atoms with E-state index in [1.165, 1.54) is 56.1 Å². The molecule has 1 aromatic heterocycles. The maximum Gasteiger partial charge on any atom is 0.347 e. The molecule has 17 heavy (non-hydrogen) atoms. The molecule has 1 N–H and O–H groups in total. The smallest absolute Gasteiger partial charge is 0.347 e. The lowest BCUT2D eigenvalue weighted by molar-refractivity contribution is 0.0702. The molecule has 4 nitrogen and oxygen atoms in total. The number of hydrogen-bond donors (Lipinski definition) is 1. The summed E-state index contributed by atoms with van der Waals surface area (Å²) in [6.45, 7) is 0. The number of hydrogen-bond acceptors (Lipinski definition) is 4. The predicted octanol–water partition coefficient (Wildman–Crippen LogP) is 3.00. The molecule has 1 saturated carbocycles. The Morgan fingerprint density at radius 1 is 1.41 bits per heavy atom. The van der Waals surface area contributed by atoms with Crippen LogP contribution in [0.5, 0.6) is 0 Å². The minimum absolute atomic E-state index is 0.320. The van der Waals surface area contributed by atoms with Crippen molar-refractivity contribution in [2.45, 2.75) is 44.6 Å². The molecule has 1 heterocycles. The molecule has 0 radical (unpaired) electrons. The summed E-state index contributed by atoms with van der Waals surface area (Å²) < 4.78 is 0. The second kappa shape index (κ2) is 5.49. The van der Waals surface area contributed by atoms with Crippen LogP contribution >= 0.6 is 11.3 Å². The van der Waals surface area contributed by atoms with Crippen LogP contribution in [0.3, 0.4) is 0 Å². The first-order valence-electron chi connectivity index (χ1n) is 6.10. The lowest BCUT2D eigenvalue weighted by atomic mass is 10.1. The lowest BCUT2D eigenvalue weighted by Gasteiger charge is -2.26. The Balaban J connectivity index is 2.06. The molecule has 0 saturated heterocycles. The molecule has 0 aromatic carbocycles. The summed E-state index contributed by atoms with van der Waals surface area (Å²) in [7, 11) is 2.03. The summed E-state index contributed by atoms with van der Waals surface area (Å²) in [5, 5.41) is 9.72. The first-order valence-corrected chi connectivity index (χ1v) is 6.92. The highest BCUT2D eigenvalue weighted by atomic mass is 32.1. The average molecular weight is 254 g/mol. The van der Waals surface area contributed by atoms with Gasteiger partial charge in [0, 0.05) is 13.1 Å². The third kappa shape index (κ3) is 2.97. The van der Waals surface area contributed by atoms with E-state index in [4.69, 9.17) is 5.11 Å². The molecule has 1 fully saturated rings. The monoisotopic (exact) mass is 254 g/mol. The number of anilines is 1. The second-order valence-electron chi connectivity index (χ2n) is 4.57. The number of aromatic nitrogens is 1. The van der Waals surface area contributed by atoms with Crippen molar-refractivity contribution in [2.75, 3.05) is 11.9 Å². The van der Waals surface area contributed by atoms with Gasteiger partial charge in [-0.05, 0) is 12.8 Å². The number of aromatic carboxylic acids is 1. The molecule has 0 unspecified atom stereocenters. The Labute approximate surface area is 105 Å². The van der Waals surface area contributed by atoms with E-state index in [9.17, 15) is 4.79 Å². The number of carbonyl (C=O) groups is 1. The van der Waals surface area contributed by atoms with Crippen molar-refractivity contribution in [2.24, 2.45) is 0 Å². The highest BCUT2D eigenvalue weighted by Crippen LogP contribution is 2.28. The van der Waals surface area contributed by atoms with Gasteiger partial charge in [-0.3, -0.25) is 0 Å². The Morgan fingerprint density at radius 3 is 2.59 bits per heavy atom. The molecular weight excluding hydrogens is 236 g/mol. The third-order valence-electron chi connectivity index (χ3n) is 3.38. The SMILES string of the molecule is CN(c1ncc(C(=O)O)s1)C1CCCCCC1. The average Bonchev–Trinajstić information content (AvgIpc) is 2.65. The number of carboxylic acids is 1. The van der Waals surface area contributed by atoms with Crippen LogP contribution in [0.2, 0.25) is 0 Å². The van der Waals surface area contributed by atoms with Crippen molar-refractivity contribution in [1.82, 2.24) is 4.98 Å². The first kappa shape index (κ1) is 12.4. The molecule has 0 bridgehead atoms. The van der Waals surface area contributed by atoms with Gasteiger partial charge in [-0.15, -0.1) is 0 Å². The van der Waals surface area contributed by atoms with Crippen molar-refractivity contribution in [3.8, 4) is 0 Å². The van der Waals surface area contributed by atoms with E-state index in [1.54, 1.807) is 0 Å². The van der Waals surface area contributed by atoms with E-state index in [1.807, 2.05) is 7.05 Å². The zero-order chi connectivity index (χ0) is 12.3. The van der Waals surface area contributed by atoms with E-state index < -0.39 is 5.97 Å². The van der Waals surface area contributed by atoms with Crippen LogP contribution in [0.1, 0.15) is 48.2 Å². The summed E-state index contributed by atoms with van der Waals surface area (Å²) in [6, 6.07) is 0.519. The van der Waals surface area contributed by atoms with E-state index in [0.717, 1.165) is 5.13 Å². The minimum Gasteiger partial charge on any atom is -0.477 e. The van der Waals surface area contributed by atoms with Gasteiger partial charge in [0.15, 0.2) is 5.13 Å². The third-order valence-corrected chi connectivity index (χ3v) is 4.45. The molecule has 5 heteroatoms. The van der Waals surface area contributed by atoms with Gasteiger partial charge < -0.3 is 10.0 Å². The van der Waals surface area contributed by atoms with Crippen molar-refractivity contribution >= 4 is 22.4 Å². The zero-order valence-corrected chi connectivity index (χ0v) is 10.9. The molecule has 1 aromatic rings. The normalized spacial score (nSPS) is 17.7. The van der Waals surface area contributed by atoms with Gasteiger partial charge in [-0.1, -0.05) is 37.0 Å². The van der Waals surface area contributed by atoms with E-state index in [0.29, 0.717) is 10.9 Å². The van der Waals surface area contributed by atoms with Gasteiger partial charge in [0.25, 0.3) is 0 Å². The minimum atomic E-state index is -0.886. The Hall–Kier alpha value is -1.10. The van der Waals surface area contributed by atoms with Crippen LogP contribution in [-0.4, -0.2) is 29.1 Å². The van der Waals surface area contributed by atoms with Crippen molar-refractivity contribution < 1.29 is 9.90 Å². The van der Waals surface area contributed by atoms with Gasteiger partial charge >= 0.3 is 5.97 Å². The van der Waals surface area contributed by atoms with Crippen molar-refractivity contribution in [3.63, 3.8) is 0 Å². The van der Waals surface area contributed by atoms with E-state index in [-0.39, 0.29) is 0 Å². The molecule has 94 valence electrons. The summed E-state index contributed by atoms with van der Waals surface area (Å²) in [5.41, 5.74) is 0. The highest BCUT2D eigenvalue weighted by Gasteiger charge is 2.20. The van der Waals surface area contributed by atoms with E-state index >= 15 is 0 Å². The van der Waals surface area contributed by atoms with Crippen molar-refractivity contribution in [1.29, 1.82) is 0 Å². The van der Waals surface area contributed by atoms with Gasteiger partial charge in [0.1, 0.15) is 4.88 Å². The fourth-order valence-electron chi connectivity index (χ4n) is 2.33. The molecule has 0 aliphatic heterocycles. The maximum atomic E-state index is 10.8. The van der Waals surface area contributed by atoms with Gasteiger partial charge in [-0.2, -0.15) is 0 Å².